The van der Waals surface area contributed by atoms with Crippen molar-refractivity contribution in [3.63, 3.8) is 0 Å². The zero-order valence-corrected chi connectivity index (χ0v) is 8.72. The van der Waals surface area contributed by atoms with Crippen molar-refractivity contribution in [1.29, 1.82) is 0 Å². The van der Waals surface area contributed by atoms with Crippen LogP contribution in [0.25, 0.3) is 0 Å². The molecular formula is C11H20N2O. The van der Waals surface area contributed by atoms with Crippen molar-refractivity contribution in [2.24, 2.45) is 11.8 Å². The third-order valence-corrected chi connectivity index (χ3v) is 3.16. The van der Waals surface area contributed by atoms with E-state index in [1.54, 1.807) is 0 Å². The topological polar surface area (TPSA) is 41.1 Å². The molecule has 1 saturated carbocycles. The van der Waals surface area contributed by atoms with Gasteiger partial charge in [0.1, 0.15) is 0 Å². The van der Waals surface area contributed by atoms with E-state index >= 15 is 0 Å². The molecule has 0 aromatic rings. The predicted octanol–water partition coefficient (Wildman–Crippen LogP) is 0.902. The lowest BCUT2D eigenvalue weighted by molar-refractivity contribution is -0.122. The molecule has 1 heterocycles. The van der Waals surface area contributed by atoms with Gasteiger partial charge in [0, 0.05) is 13.0 Å². The van der Waals surface area contributed by atoms with E-state index in [9.17, 15) is 4.79 Å². The Balaban J connectivity index is 1.59. The van der Waals surface area contributed by atoms with Crippen molar-refractivity contribution in [2.75, 3.05) is 19.6 Å². The van der Waals surface area contributed by atoms with Crippen LogP contribution in [0, 0.1) is 11.8 Å². The number of rotatable bonds is 4. The Morgan fingerprint density at radius 3 is 2.79 bits per heavy atom. The summed E-state index contributed by atoms with van der Waals surface area (Å²) in [7, 11) is 0. The van der Waals surface area contributed by atoms with Gasteiger partial charge in [-0.25, -0.2) is 0 Å². The van der Waals surface area contributed by atoms with Crippen molar-refractivity contribution >= 4 is 5.91 Å². The average Bonchev–Trinajstić information content (AvgIpc) is 3.00. The molecule has 1 saturated heterocycles. The Bertz CT molecular complexity index is 195. The SMILES string of the molecule is O=C(CC1CCCNC1)NCC1CC1. The van der Waals surface area contributed by atoms with Crippen LogP contribution in [0.2, 0.25) is 0 Å². The Kier molecular flexibility index (Phi) is 3.40. The van der Waals surface area contributed by atoms with Crippen molar-refractivity contribution < 1.29 is 4.79 Å². The van der Waals surface area contributed by atoms with Crippen LogP contribution in [0.5, 0.6) is 0 Å². The van der Waals surface area contributed by atoms with Gasteiger partial charge in [-0.15, -0.1) is 0 Å². The molecule has 0 radical (unpaired) electrons. The molecule has 1 unspecified atom stereocenters. The first kappa shape index (κ1) is 9.97. The Morgan fingerprint density at radius 2 is 2.14 bits per heavy atom. The largest absolute Gasteiger partial charge is 0.356 e. The standard InChI is InChI=1S/C11H20N2O/c14-11(13-8-9-3-4-9)6-10-2-1-5-12-7-10/h9-10,12H,1-8H2,(H,13,14). The normalized spacial score (nSPS) is 27.3. The lowest BCUT2D eigenvalue weighted by Crippen LogP contribution is -2.34. The van der Waals surface area contributed by atoms with Crippen LogP contribution in [-0.2, 0) is 4.79 Å². The first-order valence-corrected chi connectivity index (χ1v) is 5.82. The second kappa shape index (κ2) is 4.78. The summed E-state index contributed by atoms with van der Waals surface area (Å²) in [4.78, 5) is 11.5. The summed E-state index contributed by atoms with van der Waals surface area (Å²) in [5.41, 5.74) is 0. The molecule has 2 fully saturated rings. The zero-order valence-electron chi connectivity index (χ0n) is 8.72. The molecule has 14 heavy (non-hydrogen) atoms. The molecule has 0 aromatic carbocycles. The molecule has 3 heteroatoms. The number of amides is 1. The van der Waals surface area contributed by atoms with Gasteiger partial charge in [0.25, 0.3) is 0 Å². The second-order valence-corrected chi connectivity index (χ2v) is 4.66. The predicted molar refractivity (Wildman–Crippen MR) is 55.9 cm³/mol. The summed E-state index contributed by atoms with van der Waals surface area (Å²) in [6.45, 7) is 3.07. The summed E-state index contributed by atoms with van der Waals surface area (Å²) < 4.78 is 0. The highest BCUT2D eigenvalue weighted by Crippen LogP contribution is 2.27. The van der Waals surface area contributed by atoms with Gasteiger partial charge in [-0.2, -0.15) is 0 Å². The van der Waals surface area contributed by atoms with Gasteiger partial charge in [0.15, 0.2) is 0 Å². The number of carbonyl (C=O) groups excluding carboxylic acids is 1. The van der Waals surface area contributed by atoms with Gasteiger partial charge in [-0.05, 0) is 50.6 Å². The monoisotopic (exact) mass is 196 g/mol. The molecular weight excluding hydrogens is 176 g/mol. The van der Waals surface area contributed by atoms with Crippen molar-refractivity contribution in [3.8, 4) is 0 Å². The summed E-state index contributed by atoms with van der Waals surface area (Å²) >= 11 is 0. The van der Waals surface area contributed by atoms with E-state index in [-0.39, 0.29) is 5.91 Å². The Hall–Kier alpha value is -0.570. The summed E-state index contributed by atoms with van der Waals surface area (Å²) in [6.07, 6.45) is 5.78. The fraction of sp³-hybridized carbons (Fsp3) is 0.909. The minimum atomic E-state index is 0.255. The van der Waals surface area contributed by atoms with Crippen molar-refractivity contribution in [3.05, 3.63) is 0 Å². The van der Waals surface area contributed by atoms with E-state index in [4.69, 9.17) is 0 Å². The van der Waals surface area contributed by atoms with Crippen molar-refractivity contribution in [1.82, 2.24) is 10.6 Å². The first-order valence-electron chi connectivity index (χ1n) is 5.82. The van der Waals surface area contributed by atoms with E-state index in [0.29, 0.717) is 5.92 Å². The fourth-order valence-electron chi connectivity index (χ4n) is 2.01. The molecule has 1 atom stereocenters. The molecule has 80 valence electrons. The third kappa shape index (κ3) is 3.29. The van der Waals surface area contributed by atoms with E-state index in [1.165, 1.54) is 25.7 Å². The van der Waals surface area contributed by atoms with Gasteiger partial charge >= 0.3 is 0 Å². The maximum atomic E-state index is 11.5. The summed E-state index contributed by atoms with van der Waals surface area (Å²) in [6, 6.07) is 0. The zero-order chi connectivity index (χ0) is 9.80. The van der Waals surface area contributed by atoms with E-state index in [1.807, 2.05) is 0 Å². The third-order valence-electron chi connectivity index (χ3n) is 3.16. The van der Waals surface area contributed by atoms with E-state index in [2.05, 4.69) is 10.6 Å². The van der Waals surface area contributed by atoms with Crippen LogP contribution in [0.3, 0.4) is 0 Å². The summed E-state index contributed by atoms with van der Waals surface area (Å²) in [5.74, 6) is 1.62. The highest BCUT2D eigenvalue weighted by Gasteiger charge is 2.22. The van der Waals surface area contributed by atoms with Gasteiger partial charge in [0.05, 0.1) is 0 Å². The maximum absolute atomic E-state index is 11.5. The van der Waals surface area contributed by atoms with Crippen LogP contribution in [0.4, 0.5) is 0 Å². The molecule has 3 nitrogen and oxygen atoms in total. The fourth-order valence-corrected chi connectivity index (χ4v) is 2.01. The number of piperidine rings is 1. The molecule has 0 spiro atoms. The molecule has 0 bridgehead atoms. The van der Waals surface area contributed by atoms with Crippen molar-refractivity contribution in [2.45, 2.75) is 32.1 Å². The molecule has 2 aliphatic rings. The minimum Gasteiger partial charge on any atom is -0.356 e. The van der Waals surface area contributed by atoms with Crippen LogP contribution >= 0.6 is 0 Å². The number of carbonyl (C=O) groups is 1. The van der Waals surface area contributed by atoms with Crippen LogP contribution in [0.15, 0.2) is 0 Å². The first-order chi connectivity index (χ1) is 6.84. The van der Waals surface area contributed by atoms with Gasteiger partial charge < -0.3 is 10.6 Å². The number of hydrogen-bond donors (Lipinski definition) is 2. The van der Waals surface area contributed by atoms with Gasteiger partial charge in [0.2, 0.25) is 5.91 Å². The van der Waals surface area contributed by atoms with Crippen LogP contribution in [0.1, 0.15) is 32.1 Å². The number of hydrogen-bond acceptors (Lipinski definition) is 2. The summed E-state index contributed by atoms with van der Waals surface area (Å²) in [5, 5.41) is 6.36. The number of nitrogens with one attached hydrogen (secondary N) is 2. The molecule has 1 aliphatic heterocycles. The lowest BCUT2D eigenvalue weighted by atomic mass is 9.96. The van der Waals surface area contributed by atoms with Crippen LogP contribution < -0.4 is 10.6 Å². The molecule has 1 aliphatic carbocycles. The molecule has 2 rings (SSSR count). The highest BCUT2D eigenvalue weighted by atomic mass is 16.1. The lowest BCUT2D eigenvalue weighted by Gasteiger charge is -2.22. The minimum absolute atomic E-state index is 0.255. The average molecular weight is 196 g/mol. The second-order valence-electron chi connectivity index (χ2n) is 4.66. The molecule has 1 amide bonds. The molecule has 0 aromatic heterocycles. The maximum Gasteiger partial charge on any atom is 0.220 e. The van der Waals surface area contributed by atoms with Crippen LogP contribution in [-0.4, -0.2) is 25.5 Å². The van der Waals surface area contributed by atoms with Gasteiger partial charge in [-0.3, -0.25) is 4.79 Å². The molecule has 2 N–H and O–H groups in total. The quantitative estimate of drug-likeness (QED) is 0.701. The Labute approximate surface area is 85.6 Å². The smallest absolute Gasteiger partial charge is 0.220 e. The highest BCUT2D eigenvalue weighted by molar-refractivity contribution is 5.76. The van der Waals surface area contributed by atoms with E-state index in [0.717, 1.165) is 32.0 Å². The van der Waals surface area contributed by atoms with E-state index < -0.39 is 0 Å². The van der Waals surface area contributed by atoms with Gasteiger partial charge in [-0.1, -0.05) is 0 Å². The Morgan fingerprint density at radius 1 is 1.29 bits per heavy atom.